The molecule has 3 amide bonds. The van der Waals surface area contributed by atoms with Crippen molar-refractivity contribution in [2.24, 2.45) is 0 Å². The van der Waals surface area contributed by atoms with Gasteiger partial charge in [0, 0.05) is 13.7 Å². The van der Waals surface area contributed by atoms with E-state index >= 15 is 0 Å². The minimum atomic E-state index is -0.569. The Hall–Kier alpha value is -2.86. The summed E-state index contributed by atoms with van der Waals surface area (Å²) in [5, 5.41) is 4.67. The molecule has 0 saturated carbocycles. The van der Waals surface area contributed by atoms with E-state index in [9.17, 15) is 9.59 Å². The van der Waals surface area contributed by atoms with Crippen LogP contribution in [-0.2, 0) is 9.53 Å². The van der Waals surface area contributed by atoms with Crippen LogP contribution in [0.5, 0.6) is 5.75 Å². The molecule has 0 spiro atoms. The van der Waals surface area contributed by atoms with Gasteiger partial charge in [-0.25, -0.2) is 4.79 Å². The van der Waals surface area contributed by atoms with Gasteiger partial charge in [0.15, 0.2) is 6.61 Å². The van der Waals surface area contributed by atoms with Gasteiger partial charge in [-0.05, 0) is 30.2 Å². The van der Waals surface area contributed by atoms with Gasteiger partial charge in [0.1, 0.15) is 5.75 Å². The minimum absolute atomic E-state index is 0.235. The van der Waals surface area contributed by atoms with Gasteiger partial charge in [-0.15, -0.1) is 0 Å². The Bertz CT molecular complexity index is 696. The highest BCUT2D eigenvalue weighted by atomic mass is 16.5. The second-order valence-electron chi connectivity index (χ2n) is 5.48. The number of hydrogen-bond donors (Lipinski definition) is 2. The molecule has 2 N–H and O–H groups in total. The molecule has 132 valence electrons. The van der Waals surface area contributed by atoms with Gasteiger partial charge in [0.25, 0.3) is 5.91 Å². The number of hydrogen-bond acceptors (Lipinski definition) is 4. The third-order valence-corrected chi connectivity index (χ3v) is 3.45. The van der Waals surface area contributed by atoms with Crippen LogP contribution in [0.25, 0.3) is 11.1 Å². The number of urea groups is 1. The SMILES string of the molecule is COCCNC(=O)NC(=O)COc1ccc(-c2ccc(C)cc2)cc1. The maximum atomic E-state index is 11.7. The molecule has 0 bridgehead atoms. The van der Waals surface area contributed by atoms with Gasteiger partial charge < -0.3 is 14.8 Å². The molecule has 0 fully saturated rings. The molecule has 0 unspecified atom stereocenters. The fourth-order valence-corrected chi connectivity index (χ4v) is 2.11. The molecular formula is C19H22N2O4. The van der Waals surface area contributed by atoms with Crippen LogP contribution >= 0.6 is 0 Å². The second kappa shape index (κ2) is 9.44. The molecule has 0 aromatic heterocycles. The monoisotopic (exact) mass is 342 g/mol. The highest BCUT2D eigenvalue weighted by molar-refractivity contribution is 5.95. The van der Waals surface area contributed by atoms with Crippen molar-refractivity contribution in [2.45, 2.75) is 6.92 Å². The summed E-state index contributed by atoms with van der Waals surface area (Å²) >= 11 is 0. The zero-order chi connectivity index (χ0) is 18.1. The molecule has 6 nitrogen and oxygen atoms in total. The third kappa shape index (κ3) is 6.27. The van der Waals surface area contributed by atoms with Gasteiger partial charge in [-0.1, -0.05) is 42.0 Å². The average molecular weight is 342 g/mol. The zero-order valence-electron chi connectivity index (χ0n) is 14.4. The summed E-state index contributed by atoms with van der Waals surface area (Å²) in [6.45, 7) is 2.52. The van der Waals surface area contributed by atoms with E-state index in [1.807, 2.05) is 19.1 Å². The summed E-state index contributed by atoms with van der Waals surface area (Å²) in [6, 6.07) is 15.1. The van der Waals surface area contributed by atoms with Crippen molar-refractivity contribution < 1.29 is 19.1 Å². The van der Waals surface area contributed by atoms with Gasteiger partial charge in [0.05, 0.1) is 6.61 Å². The van der Waals surface area contributed by atoms with E-state index in [-0.39, 0.29) is 6.61 Å². The molecule has 0 aliphatic rings. The Kier molecular flexibility index (Phi) is 6.98. The summed E-state index contributed by atoms with van der Waals surface area (Å²) in [6.07, 6.45) is 0. The summed E-state index contributed by atoms with van der Waals surface area (Å²) in [7, 11) is 1.53. The Morgan fingerprint density at radius 3 is 2.16 bits per heavy atom. The van der Waals surface area contributed by atoms with E-state index in [4.69, 9.17) is 9.47 Å². The normalized spacial score (nSPS) is 10.2. The Labute approximate surface area is 147 Å². The number of amides is 3. The van der Waals surface area contributed by atoms with Crippen molar-refractivity contribution in [3.63, 3.8) is 0 Å². The second-order valence-corrected chi connectivity index (χ2v) is 5.48. The quantitative estimate of drug-likeness (QED) is 0.758. The molecular weight excluding hydrogens is 320 g/mol. The van der Waals surface area contributed by atoms with Gasteiger partial charge in [0.2, 0.25) is 0 Å². The molecule has 0 saturated heterocycles. The number of benzene rings is 2. The van der Waals surface area contributed by atoms with Gasteiger partial charge in [-0.2, -0.15) is 0 Å². The van der Waals surface area contributed by atoms with Gasteiger partial charge >= 0.3 is 6.03 Å². The molecule has 0 aliphatic carbocycles. The first-order valence-electron chi connectivity index (χ1n) is 7.95. The number of aryl methyl sites for hydroxylation is 1. The number of carbonyl (C=O) groups is 2. The first-order valence-corrected chi connectivity index (χ1v) is 7.95. The molecule has 0 heterocycles. The summed E-state index contributed by atoms with van der Waals surface area (Å²) in [5.74, 6) is 0.0448. The zero-order valence-corrected chi connectivity index (χ0v) is 14.4. The van der Waals surface area contributed by atoms with E-state index in [0.29, 0.717) is 18.9 Å². The molecule has 0 atom stereocenters. The lowest BCUT2D eigenvalue weighted by molar-refractivity contribution is -0.122. The van der Waals surface area contributed by atoms with Crippen molar-refractivity contribution in [1.82, 2.24) is 10.6 Å². The Morgan fingerprint density at radius 1 is 0.960 bits per heavy atom. The smallest absolute Gasteiger partial charge is 0.321 e. The van der Waals surface area contributed by atoms with Crippen LogP contribution in [0.4, 0.5) is 4.79 Å². The summed E-state index contributed by atoms with van der Waals surface area (Å²) in [5.41, 5.74) is 3.39. The first kappa shape index (κ1) is 18.5. The standard InChI is InChI=1S/C19H22N2O4/c1-14-3-5-15(6-4-14)16-7-9-17(10-8-16)25-13-18(22)21-19(23)20-11-12-24-2/h3-10H,11-13H2,1-2H3,(H2,20,21,22,23). The number of ether oxygens (including phenoxy) is 2. The first-order chi connectivity index (χ1) is 12.1. The number of carbonyl (C=O) groups excluding carboxylic acids is 2. The van der Waals surface area contributed by atoms with Crippen molar-refractivity contribution in [1.29, 1.82) is 0 Å². The van der Waals surface area contributed by atoms with Crippen LogP contribution in [0.3, 0.4) is 0 Å². The fraction of sp³-hybridized carbons (Fsp3) is 0.263. The largest absolute Gasteiger partial charge is 0.484 e. The maximum Gasteiger partial charge on any atom is 0.321 e. The average Bonchev–Trinajstić information content (AvgIpc) is 2.61. The Balaban J connectivity index is 1.80. The van der Waals surface area contributed by atoms with Crippen molar-refractivity contribution >= 4 is 11.9 Å². The van der Waals surface area contributed by atoms with E-state index in [1.54, 1.807) is 12.1 Å². The van der Waals surface area contributed by atoms with Crippen LogP contribution in [-0.4, -0.2) is 38.8 Å². The van der Waals surface area contributed by atoms with Crippen molar-refractivity contribution in [2.75, 3.05) is 26.9 Å². The lowest BCUT2D eigenvalue weighted by Gasteiger charge is -2.09. The Morgan fingerprint density at radius 2 is 1.56 bits per heavy atom. The predicted octanol–water partition coefficient (Wildman–Crippen LogP) is 2.51. The third-order valence-electron chi connectivity index (χ3n) is 3.45. The van der Waals surface area contributed by atoms with E-state index < -0.39 is 11.9 Å². The summed E-state index contributed by atoms with van der Waals surface area (Å²) < 4.78 is 10.2. The van der Waals surface area contributed by atoms with E-state index in [2.05, 4.69) is 34.9 Å². The maximum absolute atomic E-state index is 11.7. The van der Waals surface area contributed by atoms with E-state index in [1.165, 1.54) is 12.7 Å². The van der Waals surface area contributed by atoms with Crippen LogP contribution in [0.15, 0.2) is 48.5 Å². The molecule has 6 heteroatoms. The number of imide groups is 1. The molecule has 2 rings (SSSR count). The lowest BCUT2D eigenvalue weighted by Crippen LogP contribution is -2.42. The number of nitrogens with one attached hydrogen (secondary N) is 2. The van der Waals surface area contributed by atoms with Crippen LogP contribution < -0.4 is 15.4 Å². The predicted molar refractivity (Wildman–Crippen MR) is 95.5 cm³/mol. The molecule has 25 heavy (non-hydrogen) atoms. The van der Waals surface area contributed by atoms with Crippen LogP contribution in [0.2, 0.25) is 0 Å². The highest BCUT2D eigenvalue weighted by Gasteiger charge is 2.08. The summed E-state index contributed by atoms with van der Waals surface area (Å²) in [4.78, 5) is 23.1. The minimum Gasteiger partial charge on any atom is -0.484 e. The van der Waals surface area contributed by atoms with Crippen LogP contribution in [0.1, 0.15) is 5.56 Å². The molecule has 0 radical (unpaired) electrons. The highest BCUT2D eigenvalue weighted by Crippen LogP contribution is 2.22. The van der Waals surface area contributed by atoms with Crippen LogP contribution in [0, 0.1) is 6.92 Å². The number of rotatable bonds is 7. The molecule has 2 aromatic rings. The van der Waals surface area contributed by atoms with Crippen molar-refractivity contribution in [3.8, 4) is 16.9 Å². The van der Waals surface area contributed by atoms with E-state index in [0.717, 1.165) is 11.1 Å². The number of methoxy groups -OCH3 is 1. The molecule has 0 aliphatic heterocycles. The molecule has 2 aromatic carbocycles. The lowest BCUT2D eigenvalue weighted by atomic mass is 10.0. The fourth-order valence-electron chi connectivity index (χ4n) is 2.11. The topological polar surface area (TPSA) is 76.7 Å². The van der Waals surface area contributed by atoms with Gasteiger partial charge in [-0.3, -0.25) is 10.1 Å². The van der Waals surface area contributed by atoms with Crippen molar-refractivity contribution in [3.05, 3.63) is 54.1 Å².